The van der Waals surface area contributed by atoms with E-state index in [0.29, 0.717) is 28.5 Å². The first kappa shape index (κ1) is 14.5. The lowest BCUT2D eigenvalue weighted by molar-refractivity contribution is 0.485. The number of nitrogens with one attached hydrogen (secondary N) is 1. The van der Waals surface area contributed by atoms with E-state index in [1.807, 2.05) is 6.08 Å². The fourth-order valence-corrected chi connectivity index (χ4v) is 2.31. The zero-order valence-corrected chi connectivity index (χ0v) is 12.5. The van der Waals surface area contributed by atoms with Crippen LogP contribution in [0.5, 0.6) is 0 Å². The highest BCUT2D eigenvalue weighted by molar-refractivity contribution is 7.98. The zero-order chi connectivity index (χ0) is 15.4. The number of thioether (sulfide) groups is 1. The Balaban J connectivity index is 1.59. The van der Waals surface area contributed by atoms with Gasteiger partial charge in [0.15, 0.2) is 0 Å². The Morgan fingerprint density at radius 3 is 2.77 bits per heavy atom. The van der Waals surface area contributed by atoms with Crippen molar-refractivity contribution in [2.75, 3.05) is 0 Å². The molecule has 0 fully saturated rings. The normalized spacial score (nSPS) is 11.4. The number of nitrogens with zero attached hydrogens (tertiary/aromatic N) is 4. The van der Waals surface area contributed by atoms with Gasteiger partial charge in [-0.1, -0.05) is 30.0 Å². The molecule has 0 aliphatic heterocycles. The smallest absolute Gasteiger partial charge is 0.226 e. The van der Waals surface area contributed by atoms with E-state index >= 15 is 0 Å². The molecule has 112 valence electrons. The SMILES string of the molecule is Cc1nnc(CSc2n[nH]c(/C=C/c3ccc(F)cc3)n2)o1. The maximum absolute atomic E-state index is 12.8. The summed E-state index contributed by atoms with van der Waals surface area (Å²) in [6, 6.07) is 6.20. The first-order chi connectivity index (χ1) is 10.7. The molecule has 3 rings (SSSR count). The van der Waals surface area contributed by atoms with Crippen molar-refractivity contribution in [1.29, 1.82) is 0 Å². The predicted octanol–water partition coefficient (Wildman–Crippen LogP) is 3.10. The van der Waals surface area contributed by atoms with Gasteiger partial charge >= 0.3 is 0 Å². The van der Waals surface area contributed by atoms with Crippen molar-refractivity contribution in [1.82, 2.24) is 25.4 Å². The van der Waals surface area contributed by atoms with Gasteiger partial charge in [0.2, 0.25) is 16.9 Å². The summed E-state index contributed by atoms with van der Waals surface area (Å²) in [4.78, 5) is 4.31. The van der Waals surface area contributed by atoms with Crippen LogP contribution in [-0.4, -0.2) is 25.4 Å². The van der Waals surface area contributed by atoms with E-state index in [1.165, 1.54) is 23.9 Å². The molecule has 0 bridgehead atoms. The molecule has 0 unspecified atom stereocenters. The van der Waals surface area contributed by atoms with E-state index in [1.54, 1.807) is 25.1 Å². The summed E-state index contributed by atoms with van der Waals surface area (Å²) in [5.41, 5.74) is 0.883. The average molecular weight is 317 g/mol. The van der Waals surface area contributed by atoms with Crippen LogP contribution in [0.2, 0.25) is 0 Å². The molecule has 22 heavy (non-hydrogen) atoms. The Morgan fingerprint density at radius 2 is 2.05 bits per heavy atom. The predicted molar refractivity (Wildman–Crippen MR) is 80.3 cm³/mol. The number of hydrogen-bond donors (Lipinski definition) is 1. The first-order valence-electron chi connectivity index (χ1n) is 6.47. The molecule has 0 radical (unpaired) electrons. The van der Waals surface area contributed by atoms with E-state index < -0.39 is 0 Å². The molecule has 0 aliphatic carbocycles. The lowest BCUT2D eigenvalue weighted by Gasteiger charge is -1.91. The van der Waals surface area contributed by atoms with Crippen molar-refractivity contribution < 1.29 is 8.81 Å². The number of aromatic amines is 1. The van der Waals surface area contributed by atoms with Crippen LogP contribution in [0, 0.1) is 12.7 Å². The Hall–Kier alpha value is -2.48. The molecule has 2 aromatic heterocycles. The van der Waals surface area contributed by atoms with Gasteiger partial charge in [-0.25, -0.2) is 9.37 Å². The third kappa shape index (κ3) is 3.79. The summed E-state index contributed by atoms with van der Waals surface area (Å²) in [7, 11) is 0. The van der Waals surface area contributed by atoms with Crippen LogP contribution < -0.4 is 0 Å². The van der Waals surface area contributed by atoms with E-state index in [2.05, 4.69) is 25.4 Å². The van der Waals surface area contributed by atoms with Gasteiger partial charge in [-0.15, -0.1) is 15.3 Å². The molecule has 0 saturated heterocycles. The number of rotatable bonds is 5. The first-order valence-corrected chi connectivity index (χ1v) is 7.45. The Kier molecular flexibility index (Phi) is 4.29. The maximum atomic E-state index is 12.8. The van der Waals surface area contributed by atoms with Crippen LogP contribution in [0.3, 0.4) is 0 Å². The molecule has 0 saturated carbocycles. The van der Waals surface area contributed by atoms with Crippen molar-refractivity contribution in [2.24, 2.45) is 0 Å². The summed E-state index contributed by atoms with van der Waals surface area (Å²) in [5.74, 6) is 1.95. The molecule has 1 aromatic carbocycles. The molecular formula is C14H12FN5OS. The Bertz CT molecular complexity index is 781. The van der Waals surface area contributed by atoms with Crippen molar-refractivity contribution >= 4 is 23.9 Å². The van der Waals surface area contributed by atoms with Gasteiger partial charge in [-0.2, -0.15) is 0 Å². The summed E-state index contributed by atoms with van der Waals surface area (Å²) in [6.45, 7) is 1.74. The Morgan fingerprint density at radius 1 is 1.23 bits per heavy atom. The number of hydrogen-bond acceptors (Lipinski definition) is 6. The third-order valence-electron chi connectivity index (χ3n) is 2.68. The maximum Gasteiger partial charge on any atom is 0.226 e. The second kappa shape index (κ2) is 6.52. The highest BCUT2D eigenvalue weighted by atomic mass is 32.2. The second-order valence-corrected chi connectivity index (χ2v) is 5.33. The van der Waals surface area contributed by atoms with Gasteiger partial charge in [-0.3, -0.25) is 5.10 Å². The molecule has 6 nitrogen and oxygen atoms in total. The zero-order valence-electron chi connectivity index (χ0n) is 11.7. The van der Waals surface area contributed by atoms with Gasteiger partial charge in [0.25, 0.3) is 0 Å². The lowest BCUT2D eigenvalue weighted by Crippen LogP contribution is -1.82. The Labute approximate surface area is 129 Å². The fourth-order valence-electron chi connectivity index (χ4n) is 1.67. The molecule has 0 atom stereocenters. The largest absolute Gasteiger partial charge is 0.425 e. The summed E-state index contributed by atoms with van der Waals surface area (Å²) in [5, 5.41) is 15.2. The monoisotopic (exact) mass is 317 g/mol. The molecule has 3 aromatic rings. The third-order valence-corrected chi connectivity index (χ3v) is 3.51. The van der Waals surface area contributed by atoms with E-state index in [4.69, 9.17) is 4.42 Å². The van der Waals surface area contributed by atoms with Gasteiger partial charge in [0, 0.05) is 6.92 Å². The van der Waals surface area contributed by atoms with Crippen LogP contribution in [0.4, 0.5) is 4.39 Å². The quantitative estimate of drug-likeness (QED) is 0.728. The molecule has 2 heterocycles. The standard InChI is InChI=1S/C14H12FN5OS/c1-9-17-19-13(21-9)8-22-14-16-12(18-20-14)7-4-10-2-5-11(15)6-3-10/h2-7H,8H2,1H3,(H,16,18,20)/b7-4+. The van der Waals surface area contributed by atoms with Crippen LogP contribution in [0.25, 0.3) is 12.2 Å². The van der Waals surface area contributed by atoms with Gasteiger partial charge in [0.1, 0.15) is 11.6 Å². The minimum absolute atomic E-state index is 0.258. The number of aryl methyl sites for hydroxylation is 1. The van der Waals surface area contributed by atoms with E-state index in [-0.39, 0.29) is 5.82 Å². The van der Waals surface area contributed by atoms with Crippen LogP contribution in [0.1, 0.15) is 23.2 Å². The highest BCUT2D eigenvalue weighted by Crippen LogP contribution is 2.18. The van der Waals surface area contributed by atoms with Crippen molar-refractivity contribution in [3.8, 4) is 0 Å². The number of halogens is 1. The summed E-state index contributed by atoms with van der Waals surface area (Å²) < 4.78 is 18.1. The topological polar surface area (TPSA) is 80.5 Å². The molecule has 8 heteroatoms. The van der Waals surface area contributed by atoms with Gasteiger partial charge < -0.3 is 4.42 Å². The average Bonchev–Trinajstić information content (AvgIpc) is 3.13. The van der Waals surface area contributed by atoms with Crippen LogP contribution in [-0.2, 0) is 5.75 Å². The number of H-pyrrole nitrogens is 1. The van der Waals surface area contributed by atoms with Gasteiger partial charge in [-0.05, 0) is 23.8 Å². The van der Waals surface area contributed by atoms with Gasteiger partial charge in [0.05, 0.1) is 5.75 Å². The highest BCUT2D eigenvalue weighted by Gasteiger charge is 2.06. The van der Waals surface area contributed by atoms with E-state index in [9.17, 15) is 4.39 Å². The second-order valence-electron chi connectivity index (χ2n) is 4.39. The van der Waals surface area contributed by atoms with Crippen LogP contribution >= 0.6 is 11.8 Å². The minimum atomic E-state index is -0.258. The van der Waals surface area contributed by atoms with Crippen LogP contribution in [0.15, 0.2) is 33.8 Å². The lowest BCUT2D eigenvalue weighted by atomic mass is 10.2. The summed E-state index contributed by atoms with van der Waals surface area (Å²) in [6.07, 6.45) is 3.61. The molecule has 0 spiro atoms. The summed E-state index contributed by atoms with van der Waals surface area (Å²) >= 11 is 1.40. The minimum Gasteiger partial charge on any atom is -0.425 e. The van der Waals surface area contributed by atoms with Crippen molar-refractivity contribution in [3.63, 3.8) is 0 Å². The fraction of sp³-hybridized carbons (Fsp3) is 0.143. The number of benzene rings is 1. The van der Waals surface area contributed by atoms with E-state index in [0.717, 1.165) is 5.56 Å². The van der Waals surface area contributed by atoms with Crippen molar-refractivity contribution in [2.45, 2.75) is 17.8 Å². The van der Waals surface area contributed by atoms with Crippen molar-refractivity contribution in [3.05, 3.63) is 53.3 Å². The number of aromatic nitrogens is 5. The molecule has 0 aliphatic rings. The molecular weight excluding hydrogens is 305 g/mol. The molecule has 1 N–H and O–H groups in total. The molecule has 0 amide bonds.